The molecule has 0 bridgehead atoms. The summed E-state index contributed by atoms with van der Waals surface area (Å²) < 4.78 is 0. The molecule has 0 aromatic heterocycles. The summed E-state index contributed by atoms with van der Waals surface area (Å²) in [4.78, 5) is 12.1. The molecule has 4 heteroatoms. The highest BCUT2D eigenvalue weighted by Crippen LogP contribution is 2.24. The van der Waals surface area contributed by atoms with Gasteiger partial charge in [0.15, 0.2) is 0 Å². The number of carbonyl (C=O) groups is 1. The smallest absolute Gasteiger partial charge is 0.224 e. The Kier molecular flexibility index (Phi) is 4.53. The Morgan fingerprint density at radius 1 is 1.19 bits per heavy atom. The molecule has 3 N–H and O–H groups in total. The summed E-state index contributed by atoms with van der Waals surface area (Å²) in [5, 5.41) is 3.18. The molecule has 1 aliphatic carbocycles. The fraction of sp³-hybridized carbons (Fsp3) is 0.917. The Bertz CT molecular complexity index is 241. The molecule has 0 spiro atoms. The number of rotatable bonds is 2. The third kappa shape index (κ3) is 3.14. The van der Waals surface area contributed by atoms with Crippen LogP contribution in [0.4, 0.5) is 0 Å². The molecule has 92 valence electrons. The molecule has 3 nitrogen and oxygen atoms in total. The number of hydrogen-bond acceptors (Lipinski definition) is 3. The van der Waals surface area contributed by atoms with Gasteiger partial charge < -0.3 is 11.1 Å². The monoisotopic (exact) mass is 242 g/mol. The predicted octanol–water partition coefficient (Wildman–Crippen LogP) is 1.52. The van der Waals surface area contributed by atoms with Crippen molar-refractivity contribution in [3.63, 3.8) is 0 Å². The zero-order valence-corrected chi connectivity index (χ0v) is 10.6. The lowest BCUT2D eigenvalue weighted by molar-refractivity contribution is -0.127. The van der Waals surface area contributed by atoms with Crippen LogP contribution in [0.2, 0.25) is 0 Å². The number of hydrogen-bond donors (Lipinski definition) is 2. The maximum Gasteiger partial charge on any atom is 0.224 e. The third-order valence-corrected chi connectivity index (χ3v) is 4.88. The van der Waals surface area contributed by atoms with Crippen LogP contribution in [0, 0.1) is 5.92 Å². The molecule has 0 aromatic rings. The van der Waals surface area contributed by atoms with Crippen LogP contribution in [0.25, 0.3) is 0 Å². The van der Waals surface area contributed by atoms with E-state index in [2.05, 4.69) is 5.32 Å². The van der Waals surface area contributed by atoms with Crippen molar-refractivity contribution in [1.29, 1.82) is 0 Å². The van der Waals surface area contributed by atoms with E-state index in [1.165, 1.54) is 18.6 Å². The molecule has 3 atom stereocenters. The normalized spacial score (nSPS) is 35.7. The van der Waals surface area contributed by atoms with E-state index < -0.39 is 0 Å². The first-order valence-electron chi connectivity index (χ1n) is 6.41. The summed E-state index contributed by atoms with van der Waals surface area (Å²) in [6, 6.07) is 0.477. The van der Waals surface area contributed by atoms with E-state index in [1.54, 1.807) is 0 Å². The first-order valence-corrected chi connectivity index (χ1v) is 7.56. The lowest BCUT2D eigenvalue weighted by atomic mass is 9.84. The van der Waals surface area contributed by atoms with E-state index in [-0.39, 0.29) is 17.9 Å². The molecule has 1 aliphatic heterocycles. The zero-order valence-electron chi connectivity index (χ0n) is 9.78. The molecular formula is C12H22N2OS. The second-order valence-electron chi connectivity index (χ2n) is 4.98. The van der Waals surface area contributed by atoms with E-state index in [4.69, 9.17) is 5.73 Å². The fourth-order valence-corrected chi connectivity index (χ4v) is 3.72. The number of nitrogens with one attached hydrogen (secondary N) is 1. The molecule has 0 aromatic carbocycles. The van der Waals surface area contributed by atoms with Gasteiger partial charge in [-0.2, -0.15) is 11.8 Å². The van der Waals surface area contributed by atoms with Gasteiger partial charge in [0.1, 0.15) is 0 Å². The lowest BCUT2D eigenvalue weighted by Gasteiger charge is -2.30. The van der Waals surface area contributed by atoms with Gasteiger partial charge in [0.25, 0.3) is 0 Å². The van der Waals surface area contributed by atoms with Gasteiger partial charge in [0, 0.05) is 17.8 Å². The SMILES string of the molecule is NC1CCCCC1C(=O)NC1CCCSC1. The summed E-state index contributed by atoms with van der Waals surface area (Å²) in [6.07, 6.45) is 6.70. The Morgan fingerprint density at radius 2 is 2.00 bits per heavy atom. The van der Waals surface area contributed by atoms with Crippen LogP contribution in [0.3, 0.4) is 0 Å². The molecule has 2 rings (SSSR count). The molecule has 0 radical (unpaired) electrons. The summed E-state index contributed by atoms with van der Waals surface area (Å²) in [6.45, 7) is 0. The molecule has 2 fully saturated rings. The van der Waals surface area contributed by atoms with Crippen molar-refractivity contribution in [3.05, 3.63) is 0 Å². The van der Waals surface area contributed by atoms with Crippen molar-refractivity contribution in [2.75, 3.05) is 11.5 Å². The minimum atomic E-state index is 0.0701. The quantitative estimate of drug-likeness (QED) is 0.772. The summed E-state index contributed by atoms with van der Waals surface area (Å²) in [7, 11) is 0. The second kappa shape index (κ2) is 5.92. The highest BCUT2D eigenvalue weighted by Gasteiger charge is 2.29. The number of thioether (sulfide) groups is 1. The highest BCUT2D eigenvalue weighted by molar-refractivity contribution is 7.99. The Morgan fingerprint density at radius 3 is 2.69 bits per heavy atom. The summed E-state index contributed by atoms with van der Waals surface area (Å²) >= 11 is 1.95. The molecular weight excluding hydrogens is 220 g/mol. The van der Waals surface area contributed by atoms with Gasteiger partial charge in [-0.15, -0.1) is 0 Å². The Hall–Kier alpha value is -0.220. The van der Waals surface area contributed by atoms with Crippen molar-refractivity contribution in [2.24, 2.45) is 11.7 Å². The average Bonchev–Trinajstić information content (AvgIpc) is 2.31. The third-order valence-electron chi connectivity index (χ3n) is 3.66. The van der Waals surface area contributed by atoms with Crippen LogP contribution in [-0.4, -0.2) is 29.5 Å². The first kappa shape index (κ1) is 12.2. The topological polar surface area (TPSA) is 55.1 Å². The van der Waals surface area contributed by atoms with Gasteiger partial charge in [-0.25, -0.2) is 0 Å². The van der Waals surface area contributed by atoms with Gasteiger partial charge in [-0.3, -0.25) is 4.79 Å². The van der Waals surface area contributed by atoms with Crippen LogP contribution in [0.1, 0.15) is 38.5 Å². The standard InChI is InChI=1S/C12H22N2OS/c13-11-6-2-1-5-10(11)12(15)14-9-4-3-7-16-8-9/h9-11H,1-8,13H2,(H,14,15). The summed E-state index contributed by atoms with van der Waals surface area (Å²) in [5.41, 5.74) is 6.02. The number of carbonyl (C=O) groups excluding carboxylic acids is 1. The zero-order chi connectivity index (χ0) is 11.4. The van der Waals surface area contributed by atoms with Crippen LogP contribution >= 0.6 is 11.8 Å². The largest absolute Gasteiger partial charge is 0.352 e. The molecule has 1 heterocycles. The first-order chi connectivity index (χ1) is 7.77. The molecule has 1 amide bonds. The second-order valence-corrected chi connectivity index (χ2v) is 6.13. The number of amides is 1. The van der Waals surface area contributed by atoms with Crippen molar-refractivity contribution in [1.82, 2.24) is 5.32 Å². The molecule has 1 saturated carbocycles. The van der Waals surface area contributed by atoms with E-state index in [0.717, 1.165) is 31.4 Å². The minimum Gasteiger partial charge on any atom is -0.352 e. The van der Waals surface area contributed by atoms with Gasteiger partial charge in [0.05, 0.1) is 5.92 Å². The maximum atomic E-state index is 12.1. The van der Waals surface area contributed by atoms with E-state index in [1.807, 2.05) is 11.8 Å². The van der Waals surface area contributed by atoms with E-state index >= 15 is 0 Å². The van der Waals surface area contributed by atoms with Crippen LogP contribution in [0.15, 0.2) is 0 Å². The van der Waals surface area contributed by atoms with Crippen molar-refractivity contribution >= 4 is 17.7 Å². The molecule has 16 heavy (non-hydrogen) atoms. The fourth-order valence-electron chi connectivity index (χ4n) is 2.65. The summed E-state index contributed by atoms with van der Waals surface area (Å²) in [5.74, 6) is 2.60. The van der Waals surface area contributed by atoms with Crippen LogP contribution < -0.4 is 11.1 Å². The molecule has 1 saturated heterocycles. The lowest BCUT2D eigenvalue weighted by Crippen LogP contribution is -2.48. The minimum absolute atomic E-state index is 0.0701. The van der Waals surface area contributed by atoms with E-state index in [0.29, 0.717) is 6.04 Å². The van der Waals surface area contributed by atoms with Gasteiger partial charge in [-0.1, -0.05) is 12.8 Å². The Labute approximate surface area is 102 Å². The van der Waals surface area contributed by atoms with E-state index in [9.17, 15) is 4.79 Å². The van der Waals surface area contributed by atoms with Crippen molar-refractivity contribution in [3.8, 4) is 0 Å². The van der Waals surface area contributed by atoms with Crippen LogP contribution in [0.5, 0.6) is 0 Å². The number of nitrogens with two attached hydrogens (primary N) is 1. The molecule has 3 unspecified atom stereocenters. The predicted molar refractivity (Wildman–Crippen MR) is 68.4 cm³/mol. The Balaban J connectivity index is 1.81. The maximum absolute atomic E-state index is 12.1. The van der Waals surface area contributed by atoms with Gasteiger partial charge in [0.2, 0.25) is 5.91 Å². The molecule has 2 aliphatic rings. The van der Waals surface area contributed by atoms with Crippen LogP contribution in [-0.2, 0) is 4.79 Å². The van der Waals surface area contributed by atoms with Gasteiger partial charge in [-0.05, 0) is 31.4 Å². The highest BCUT2D eigenvalue weighted by atomic mass is 32.2. The van der Waals surface area contributed by atoms with Crippen molar-refractivity contribution < 1.29 is 4.79 Å². The van der Waals surface area contributed by atoms with Gasteiger partial charge >= 0.3 is 0 Å². The van der Waals surface area contributed by atoms with Crippen molar-refractivity contribution in [2.45, 2.75) is 50.6 Å². The average molecular weight is 242 g/mol.